The molecular formula is C22H25N9O. The summed E-state index contributed by atoms with van der Waals surface area (Å²) < 4.78 is 5.13. The van der Waals surface area contributed by atoms with Crippen LogP contribution in [0.4, 0.5) is 11.6 Å². The van der Waals surface area contributed by atoms with Gasteiger partial charge in [-0.15, -0.1) is 0 Å². The first kappa shape index (κ1) is 20.2. The van der Waals surface area contributed by atoms with Crippen molar-refractivity contribution in [3.63, 3.8) is 0 Å². The van der Waals surface area contributed by atoms with Gasteiger partial charge in [0.1, 0.15) is 11.8 Å². The summed E-state index contributed by atoms with van der Waals surface area (Å²) in [4.78, 5) is 26.6. The summed E-state index contributed by atoms with van der Waals surface area (Å²) in [6, 6.07) is 4.20. The molecule has 4 aromatic heterocycles. The molecule has 164 valence electrons. The highest BCUT2D eigenvalue weighted by Crippen LogP contribution is 2.39. The normalized spacial score (nSPS) is 15.0. The Morgan fingerprint density at radius 1 is 1.34 bits per heavy atom. The molecule has 5 rings (SSSR count). The molecule has 0 radical (unpaired) electrons. The van der Waals surface area contributed by atoms with E-state index < -0.39 is 0 Å². The molecule has 1 aliphatic rings. The number of imidazole rings is 1. The predicted octanol–water partition coefficient (Wildman–Crippen LogP) is 3.26. The minimum absolute atomic E-state index is 0.0456. The van der Waals surface area contributed by atoms with E-state index in [9.17, 15) is 4.79 Å². The van der Waals surface area contributed by atoms with Gasteiger partial charge >= 0.3 is 5.69 Å². The zero-order valence-electron chi connectivity index (χ0n) is 18.2. The molecule has 10 nitrogen and oxygen atoms in total. The van der Waals surface area contributed by atoms with Gasteiger partial charge in [0.05, 0.1) is 24.2 Å². The molecular weight excluding hydrogens is 406 g/mol. The van der Waals surface area contributed by atoms with Crippen LogP contribution in [-0.4, -0.2) is 33.7 Å². The van der Waals surface area contributed by atoms with Crippen LogP contribution < -0.4 is 11.0 Å². The van der Waals surface area contributed by atoms with Crippen LogP contribution in [0.2, 0.25) is 0 Å². The quantitative estimate of drug-likeness (QED) is 0.446. The summed E-state index contributed by atoms with van der Waals surface area (Å²) in [7, 11) is 1.76. The Morgan fingerprint density at radius 3 is 2.94 bits per heavy atom. The second-order valence-corrected chi connectivity index (χ2v) is 8.48. The molecule has 0 unspecified atom stereocenters. The van der Waals surface area contributed by atoms with Crippen LogP contribution in [0.1, 0.15) is 50.1 Å². The van der Waals surface area contributed by atoms with Crippen LogP contribution in [-0.2, 0) is 7.05 Å². The lowest BCUT2D eigenvalue weighted by atomic mass is 9.78. The maximum Gasteiger partial charge on any atom is 0.330 e. The third-order valence-corrected chi connectivity index (χ3v) is 6.52. The Morgan fingerprint density at radius 2 is 2.19 bits per heavy atom. The monoisotopic (exact) mass is 431 g/mol. The molecule has 0 aromatic carbocycles. The Hall–Kier alpha value is -3.74. The van der Waals surface area contributed by atoms with Gasteiger partial charge in [0.25, 0.3) is 0 Å². The van der Waals surface area contributed by atoms with Crippen molar-refractivity contribution in [1.82, 2.24) is 33.7 Å². The molecule has 1 N–H and O–H groups in total. The highest BCUT2D eigenvalue weighted by Gasteiger charge is 2.31. The summed E-state index contributed by atoms with van der Waals surface area (Å²) in [6.45, 7) is 1.98. The number of pyridine rings is 1. The average molecular weight is 432 g/mol. The number of hydrogen-bond donors (Lipinski definition) is 1. The van der Waals surface area contributed by atoms with Gasteiger partial charge in [0.15, 0.2) is 11.3 Å². The Balaban J connectivity index is 1.55. The smallest absolute Gasteiger partial charge is 0.323 e. The zero-order chi connectivity index (χ0) is 22.2. The molecule has 1 fully saturated rings. The van der Waals surface area contributed by atoms with Crippen LogP contribution in [0.5, 0.6) is 0 Å². The maximum absolute atomic E-state index is 13.2. The molecule has 0 saturated heterocycles. The number of aromatic nitrogens is 7. The van der Waals surface area contributed by atoms with Crippen molar-refractivity contribution in [1.29, 1.82) is 5.26 Å². The fourth-order valence-electron chi connectivity index (χ4n) is 4.49. The van der Waals surface area contributed by atoms with E-state index >= 15 is 0 Å². The highest BCUT2D eigenvalue weighted by molar-refractivity contribution is 5.73. The van der Waals surface area contributed by atoms with Crippen molar-refractivity contribution in [3.05, 3.63) is 40.8 Å². The fourth-order valence-corrected chi connectivity index (χ4v) is 4.49. The van der Waals surface area contributed by atoms with Crippen molar-refractivity contribution in [2.24, 2.45) is 13.0 Å². The van der Waals surface area contributed by atoms with Gasteiger partial charge in [-0.25, -0.2) is 19.3 Å². The number of nitrogens with one attached hydrogen (secondary N) is 1. The summed E-state index contributed by atoms with van der Waals surface area (Å²) in [5.74, 6) is 0.865. The van der Waals surface area contributed by atoms with Crippen LogP contribution >= 0.6 is 0 Å². The Bertz CT molecular complexity index is 1390. The number of fused-ring (bicyclic) bond motifs is 2. The largest absolute Gasteiger partial charge is 0.330 e. The molecule has 0 bridgehead atoms. The van der Waals surface area contributed by atoms with E-state index in [4.69, 9.17) is 10.2 Å². The number of anilines is 2. The molecule has 32 heavy (non-hydrogen) atoms. The van der Waals surface area contributed by atoms with Gasteiger partial charge in [-0.05, 0) is 50.2 Å². The summed E-state index contributed by atoms with van der Waals surface area (Å²) in [6.07, 6.45) is 10.5. The molecule has 4 aromatic rings. The highest BCUT2D eigenvalue weighted by atomic mass is 16.1. The molecule has 1 aliphatic carbocycles. The molecule has 0 amide bonds. The molecule has 1 atom stereocenters. The summed E-state index contributed by atoms with van der Waals surface area (Å²) in [5, 5.41) is 16.4. The van der Waals surface area contributed by atoms with Crippen molar-refractivity contribution in [2.45, 2.75) is 51.5 Å². The van der Waals surface area contributed by atoms with Crippen LogP contribution in [0, 0.1) is 24.2 Å². The van der Waals surface area contributed by atoms with Crippen LogP contribution in [0.3, 0.4) is 0 Å². The molecule has 10 heteroatoms. The number of nitriles is 1. The zero-order valence-corrected chi connectivity index (χ0v) is 18.2. The number of hydrogen-bond acceptors (Lipinski definition) is 7. The van der Waals surface area contributed by atoms with Gasteiger partial charge in [-0.1, -0.05) is 6.42 Å². The van der Waals surface area contributed by atoms with Crippen molar-refractivity contribution in [2.75, 3.05) is 5.32 Å². The lowest BCUT2D eigenvalue weighted by Crippen LogP contribution is -2.33. The van der Waals surface area contributed by atoms with E-state index in [2.05, 4.69) is 26.5 Å². The van der Waals surface area contributed by atoms with Crippen molar-refractivity contribution >= 4 is 28.4 Å². The second-order valence-electron chi connectivity index (χ2n) is 8.48. The molecule has 0 spiro atoms. The molecule has 4 heterocycles. The Labute approximate surface area is 184 Å². The first-order valence-corrected chi connectivity index (χ1v) is 10.9. The van der Waals surface area contributed by atoms with Gasteiger partial charge < -0.3 is 5.32 Å². The van der Waals surface area contributed by atoms with E-state index in [-0.39, 0.29) is 11.7 Å². The van der Waals surface area contributed by atoms with Gasteiger partial charge in [-0.3, -0.25) is 9.13 Å². The number of nitrogens with zero attached hydrogens (tertiary/aromatic N) is 8. The van der Waals surface area contributed by atoms with E-state index in [1.165, 1.54) is 12.7 Å². The lowest BCUT2D eigenvalue weighted by Gasteiger charge is -2.34. The van der Waals surface area contributed by atoms with E-state index in [0.29, 0.717) is 29.5 Å². The average Bonchev–Trinajstić information content (AvgIpc) is 3.28. The Kier molecular flexibility index (Phi) is 5.09. The third-order valence-electron chi connectivity index (χ3n) is 6.52. The van der Waals surface area contributed by atoms with Gasteiger partial charge in [-0.2, -0.15) is 15.3 Å². The van der Waals surface area contributed by atoms with Crippen molar-refractivity contribution in [3.8, 4) is 6.07 Å². The topological polar surface area (TPSA) is 119 Å². The predicted molar refractivity (Wildman–Crippen MR) is 120 cm³/mol. The first-order chi connectivity index (χ1) is 15.6. The SMILES string of the molecule is Cc1cc2ncnn2cc1Nc1ncc2c(n1)n([C@H](CCCC#N)C1CCC1)c(=O)n2C. The van der Waals surface area contributed by atoms with Gasteiger partial charge in [0.2, 0.25) is 5.95 Å². The van der Waals surface area contributed by atoms with Crippen LogP contribution in [0.25, 0.3) is 16.8 Å². The summed E-state index contributed by atoms with van der Waals surface area (Å²) in [5.41, 5.74) is 3.82. The number of unbranched alkanes of at least 4 members (excludes halogenated alkanes) is 1. The molecule has 1 saturated carbocycles. The fraction of sp³-hybridized carbons (Fsp3) is 0.455. The minimum atomic E-state index is -0.0828. The summed E-state index contributed by atoms with van der Waals surface area (Å²) >= 11 is 0. The van der Waals surface area contributed by atoms with E-state index in [0.717, 1.165) is 42.6 Å². The lowest BCUT2D eigenvalue weighted by molar-refractivity contribution is 0.195. The van der Waals surface area contributed by atoms with Crippen molar-refractivity contribution < 1.29 is 0 Å². The van der Waals surface area contributed by atoms with E-state index in [1.807, 2.05) is 23.8 Å². The standard InChI is InChI=1S/C22H25N9O/c1-14-10-19-25-13-26-30(19)12-16(14)27-21-24-11-18-20(28-21)31(22(32)29(18)2)17(8-3-4-9-23)15-6-5-7-15/h10-13,15,17H,3-8H2,1-2H3,(H,24,27,28)/t17-/m1/s1. The third kappa shape index (κ3) is 3.39. The second kappa shape index (κ2) is 8.07. The van der Waals surface area contributed by atoms with E-state index in [1.54, 1.807) is 22.3 Å². The molecule has 0 aliphatic heterocycles. The first-order valence-electron chi connectivity index (χ1n) is 10.9. The maximum atomic E-state index is 13.2. The van der Waals surface area contributed by atoms with Crippen LogP contribution in [0.15, 0.2) is 29.6 Å². The van der Waals surface area contributed by atoms with Gasteiger partial charge in [0, 0.05) is 19.5 Å². The minimum Gasteiger partial charge on any atom is -0.323 e. The number of rotatable bonds is 7. The number of aryl methyl sites for hydroxylation is 2.